The molecular formula is C12H13N3O2. The Morgan fingerprint density at radius 2 is 1.59 bits per heavy atom. The average Bonchev–Trinajstić information content (AvgIpc) is 2.88. The van der Waals surface area contributed by atoms with E-state index in [1.165, 1.54) is 0 Å². The minimum Gasteiger partial charge on any atom is -0.294 e. The Morgan fingerprint density at radius 1 is 1.18 bits per heavy atom. The first-order valence-corrected chi connectivity index (χ1v) is 5.75. The smallest absolute Gasteiger partial charge is 0.249 e. The lowest BCUT2D eigenvalue weighted by atomic mass is 9.89. The minimum atomic E-state index is -1.44. The lowest BCUT2D eigenvalue weighted by Gasteiger charge is -2.15. The molecule has 17 heavy (non-hydrogen) atoms. The summed E-state index contributed by atoms with van der Waals surface area (Å²) in [6.45, 7) is 3.89. The van der Waals surface area contributed by atoms with Crippen molar-refractivity contribution in [1.29, 1.82) is 10.5 Å². The van der Waals surface area contributed by atoms with Crippen molar-refractivity contribution in [1.82, 2.24) is 5.32 Å². The molecule has 1 saturated heterocycles. The van der Waals surface area contributed by atoms with Crippen LogP contribution in [0, 0.1) is 45.3 Å². The number of piperidine rings is 1. The van der Waals surface area contributed by atoms with E-state index in [-0.39, 0.29) is 5.92 Å². The lowest BCUT2D eigenvalue weighted by Crippen LogP contribution is -2.34. The quantitative estimate of drug-likeness (QED) is 0.724. The third-order valence-electron chi connectivity index (χ3n) is 4.29. The number of amides is 2. The van der Waals surface area contributed by atoms with Crippen molar-refractivity contribution in [3.63, 3.8) is 0 Å². The topological polar surface area (TPSA) is 93.8 Å². The highest BCUT2D eigenvalue weighted by molar-refractivity contribution is 6.18. The summed E-state index contributed by atoms with van der Waals surface area (Å²) in [6, 6.07) is 3.86. The number of nitrogens with zero attached hydrogens (tertiary/aromatic N) is 2. The summed E-state index contributed by atoms with van der Waals surface area (Å²) in [5, 5.41) is 20.6. The highest BCUT2D eigenvalue weighted by Crippen LogP contribution is 2.74. The first-order valence-electron chi connectivity index (χ1n) is 5.75. The summed E-state index contributed by atoms with van der Waals surface area (Å²) in [7, 11) is 0. The summed E-state index contributed by atoms with van der Waals surface area (Å²) in [6.07, 6.45) is 1.52. The fraction of sp³-hybridized carbons (Fsp3) is 0.667. The van der Waals surface area contributed by atoms with Crippen molar-refractivity contribution in [2.75, 3.05) is 0 Å². The number of rotatable bonds is 3. The monoisotopic (exact) mass is 231 g/mol. The summed E-state index contributed by atoms with van der Waals surface area (Å²) in [5.41, 5.74) is -2.87. The van der Waals surface area contributed by atoms with Gasteiger partial charge in [0.2, 0.25) is 11.8 Å². The Hall–Kier alpha value is -1.88. The fourth-order valence-electron chi connectivity index (χ4n) is 3.33. The van der Waals surface area contributed by atoms with Crippen LogP contribution in [0.4, 0.5) is 0 Å². The molecule has 88 valence electrons. The number of hydrogen-bond donors (Lipinski definition) is 1. The van der Waals surface area contributed by atoms with Crippen LogP contribution < -0.4 is 5.32 Å². The molecule has 2 aliphatic rings. The normalized spacial score (nSPS) is 38.3. The van der Waals surface area contributed by atoms with Gasteiger partial charge in [0.1, 0.15) is 0 Å². The van der Waals surface area contributed by atoms with Crippen molar-refractivity contribution >= 4 is 11.8 Å². The van der Waals surface area contributed by atoms with Gasteiger partial charge in [0.25, 0.3) is 0 Å². The number of nitriles is 2. The van der Waals surface area contributed by atoms with Crippen molar-refractivity contribution in [3.8, 4) is 12.1 Å². The molecule has 1 heterocycles. The van der Waals surface area contributed by atoms with Crippen LogP contribution in [-0.2, 0) is 9.59 Å². The zero-order valence-electron chi connectivity index (χ0n) is 9.78. The zero-order valence-corrected chi connectivity index (χ0v) is 9.78. The molecule has 2 rings (SSSR count). The van der Waals surface area contributed by atoms with Gasteiger partial charge in [0, 0.05) is 5.92 Å². The van der Waals surface area contributed by atoms with Crippen LogP contribution >= 0.6 is 0 Å². The van der Waals surface area contributed by atoms with Crippen LogP contribution in [0.15, 0.2) is 0 Å². The summed E-state index contributed by atoms with van der Waals surface area (Å²) >= 11 is 0. The van der Waals surface area contributed by atoms with Gasteiger partial charge in [-0.05, 0) is 5.92 Å². The predicted molar refractivity (Wildman–Crippen MR) is 56.8 cm³/mol. The van der Waals surface area contributed by atoms with Gasteiger partial charge in [-0.15, -0.1) is 0 Å². The molecule has 0 aromatic rings. The van der Waals surface area contributed by atoms with Gasteiger partial charge < -0.3 is 0 Å². The van der Waals surface area contributed by atoms with Crippen LogP contribution in [0.1, 0.15) is 26.7 Å². The molecular weight excluding hydrogens is 218 g/mol. The summed E-state index contributed by atoms with van der Waals surface area (Å²) in [4.78, 5) is 23.6. The third-order valence-corrected chi connectivity index (χ3v) is 4.29. The van der Waals surface area contributed by atoms with E-state index in [0.29, 0.717) is 0 Å². The Labute approximate surface area is 99.4 Å². The van der Waals surface area contributed by atoms with E-state index in [1.807, 2.05) is 26.0 Å². The van der Waals surface area contributed by atoms with Gasteiger partial charge in [-0.25, -0.2) is 0 Å². The molecule has 1 aliphatic carbocycles. The maximum absolute atomic E-state index is 11.8. The highest BCUT2D eigenvalue weighted by Gasteiger charge is 2.91. The molecule has 5 nitrogen and oxygen atoms in total. The van der Waals surface area contributed by atoms with Crippen molar-refractivity contribution in [3.05, 3.63) is 0 Å². The average molecular weight is 231 g/mol. The number of carbonyl (C=O) groups is 2. The van der Waals surface area contributed by atoms with Crippen LogP contribution in [0.2, 0.25) is 0 Å². The number of hydrogen-bond acceptors (Lipinski definition) is 4. The molecule has 2 amide bonds. The van der Waals surface area contributed by atoms with Gasteiger partial charge in [-0.1, -0.05) is 26.7 Å². The van der Waals surface area contributed by atoms with Gasteiger partial charge in [0.05, 0.1) is 12.1 Å². The third kappa shape index (κ3) is 0.934. The molecule has 1 saturated carbocycles. The molecule has 1 aliphatic heterocycles. The molecule has 2 fully saturated rings. The van der Waals surface area contributed by atoms with Crippen LogP contribution in [0.3, 0.4) is 0 Å². The van der Waals surface area contributed by atoms with Gasteiger partial charge in [-0.2, -0.15) is 10.5 Å². The summed E-state index contributed by atoms with van der Waals surface area (Å²) < 4.78 is 0. The van der Waals surface area contributed by atoms with E-state index in [0.717, 1.165) is 12.8 Å². The Kier molecular flexibility index (Phi) is 2.26. The fourth-order valence-corrected chi connectivity index (χ4v) is 3.33. The second kappa shape index (κ2) is 3.30. The van der Waals surface area contributed by atoms with E-state index in [9.17, 15) is 20.1 Å². The zero-order chi connectivity index (χ0) is 12.8. The molecule has 0 aromatic carbocycles. The van der Waals surface area contributed by atoms with Crippen molar-refractivity contribution in [2.24, 2.45) is 22.7 Å². The molecule has 1 N–H and O–H groups in total. The highest BCUT2D eigenvalue weighted by atomic mass is 16.2. The van der Waals surface area contributed by atoms with E-state index >= 15 is 0 Å². The number of fused-ring (bicyclic) bond motifs is 1. The largest absolute Gasteiger partial charge is 0.294 e. The SMILES string of the molecule is CCC(CC)C1[C@]2(C#N)C(=O)NC(=O)[C@]12C#N. The molecule has 0 aromatic heterocycles. The number of nitrogens with one attached hydrogen (secondary N) is 1. The second-order valence-corrected chi connectivity index (χ2v) is 4.68. The standard InChI is InChI=1S/C12H13N3O2/c1-3-7(4-2)8-11(5-13)9(16)15-10(17)12(8,11)6-14/h7-8H,3-4H2,1-2H3,(H,15,16,17)/t8?,11-,12+. The van der Waals surface area contributed by atoms with Gasteiger partial charge in [-0.3, -0.25) is 14.9 Å². The summed E-state index contributed by atoms with van der Waals surface area (Å²) in [5.74, 6) is -1.57. The van der Waals surface area contributed by atoms with Crippen molar-refractivity contribution < 1.29 is 9.59 Å². The maximum Gasteiger partial charge on any atom is 0.249 e. The Bertz CT molecular complexity index is 445. The van der Waals surface area contributed by atoms with E-state index in [1.54, 1.807) is 0 Å². The first kappa shape index (κ1) is 11.6. The predicted octanol–water partition coefficient (Wildman–Crippen LogP) is 0.729. The molecule has 1 unspecified atom stereocenters. The molecule has 3 atom stereocenters. The minimum absolute atomic E-state index is 0.0595. The van der Waals surface area contributed by atoms with Crippen LogP contribution in [-0.4, -0.2) is 11.8 Å². The lowest BCUT2D eigenvalue weighted by molar-refractivity contribution is -0.129. The van der Waals surface area contributed by atoms with E-state index in [2.05, 4.69) is 5.32 Å². The first-order chi connectivity index (χ1) is 8.06. The Morgan fingerprint density at radius 3 is 1.88 bits per heavy atom. The second-order valence-electron chi connectivity index (χ2n) is 4.68. The van der Waals surface area contributed by atoms with Crippen LogP contribution in [0.25, 0.3) is 0 Å². The van der Waals surface area contributed by atoms with Crippen LogP contribution in [0.5, 0.6) is 0 Å². The number of carbonyl (C=O) groups excluding carboxylic acids is 2. The Balaban J connectivity index is 2.53. The molecule has 0 radical (unpaired) electrons. The van der Waals surface area contributed by atoms with Gasteiger partial charge in [0.15, 0.2) is 10.8 Å². The molecule has 5 heteroatoms. The molecule has 0 spiro atoms. The maximum atomic E-state index is 11.8. The van der Waals surface area contributed by atoms with Crippen molar-refractivity contribution in [2.45, 2.75) is 26.7 Å². The number of imide groups is 1. The molecule has 0 bridgehead atoms. The van der Waals surface area contributed by atoms with E-state index in [4.69, 9.17) is 0 Å². The van der Waals surface area contributed by atoms with E-state index < -0.39 is 28.6 Å². The van der Waals surface area contributed by atoms with Gasteiger partial charge >= 0.3 is 0 Å².